The summed E-state index contributed by atoms with van der Waals surface area (Å²) in [6.07, 6.45) is -0.0831. The molecule has 0 bridgehead atoms. The van der Waals surface area contributed by atoms with Gasteiger partial charge in [0.2, 0.25) is 5.95 Å². The average Bonchev–Trinajstić information content (AvgIpc) is 3.26. The van der Waals surface area contributed by atoms with Crippen LogP contribution in [0.5, 0.6) is 0 Å². The Hall–Kier alpha value is -2.92. The summed E-state index contributed by atoms with van der Waals surface area (Å²) in [6.45, 7) is 5.54. The molecule has 180 valence electrons. The summed E-state index contributed by atoms with van der Waals surface area (Å²) in [6, 6.07) is 5.75. The Morgan fingerprint density at radius 2 is 2.00 bits per heavy atom. The Balaban J connectivity index is 1.64. The number of nitrogens with one attached hydrogen (secondary N) is 1. The van der Waals surface area contributed by atoms with Crippen molar-refractivity contribution >= 4 is 23.0 Å². The summed E-state index contributed by atoms with van der Waals surface area (Å²) in [7, 11) is 0. The molecule has 1 aromatic carbocycles. The average molecular weight is 492 g/mol. The number of aromatic nitrogens is 3. The fourth-order valence-electron chi connectivity index (χ4n) is 4.38. The number of aryl methyl sites for hydroxylation is 1. The van der Waals surface area contributed by atoms with Crippen LogP contribution < -0.4 is 5.32 Å². The van der Waals surface area contributed by atoms with Crippen LogP contribution in [0.2, 0.25) is 0 Å². The summed E-state index contributed by atoms with van der Waals surface area (Å²) in [5.74, 6) is -0.165. The number of nitrogens with zero attached hydrogens (tertiary/aromatic N) is 4. The minimum absolute atomic E-state index is 0.165. The third-order valence-electron chi connectivity index (χ3n) is 6.47. The smallest absolute Gasteiger partial charge is 0.382 e. The Bertz CT molecular complexity index is 1210. The zero-order chi connectivity index (χ0) is 24.7. The Morgan fingerprint density at radius 1 is 1.24 bits per heavy atom. The number of hydrogen-bond acceptors (Lipinski definition) is 8. The van der Waals surface area contributed by atoms with Crippen molar-refractivity contribution in [3.8, 4) is 10.4 Å². The number of halogens is 3. The zero-order valence-electron chi connectivity index (χ0n) is 18.8. The van der Waals surface area contributed by atoms with Gasteiger partial charge in [-0.3, -0.25) is 0 Å². The fourth-order valence-corrected chi connectivity index (χ4v) is 5.57. The van der Waals surface area contributed by atoms with Gasteiger partial charge in [-0.2, -0.15) is 18.1 Å². The molecule has 1 aliphatic rings. The number of thiazole rings is 1. The molecule has 0 aliphatic heterocycles. The van der Waals surface area contributed by atoms with Gasteiger partial charge < -0.3 is 10.4 Å². The van der Waals surface area contributed by atoms with Crippen LogP contribution in [0, 0.1) is 17.2 Å². The van der Waals surface area contributed by atoms with E-state index in [1.54, 1.807) is 18.3 Å². The molecule has 1 aliphatic carbocycles. The lowest BCUT2D eigenvalue weighted by Crippen LogP contribution is -2.51. The van der Waals surface area contributed by atoms with Gasteiger partial charge in [-0.05, 0) is 55.5 Å². The van der Waals surface area contributed by atoms with Crippen molar-refractivity contribution in [2.24, 2.45) is 10.6 Å². The quantitative estimate of drug-likeness (QED) is 0.412. The monoisotopic (exact) mass is 491 g/mol. The minimum Gasteiger partial charge on any atom is -0.382 e. The van der Waals surface area contributed by atoms with Gasteiger partial charge in [-0.1, -0.05) is 25.1 Å². The van der Waals surface area contributed by atoms with E-state index in [9.17, 15) is 23.2 Å². The van der Waals surface area contributed by atoms with Crippen molar-refractivity contribution < 1.29 is 18.3 Å². The lowest BCUT2D eigenvalue weighted by atomic mass is 9.63. The fraction of sp³-hybridized carbons (Fsp3) is 0.435. The van der Waals surface area contributed by atoms with Gasteiger partial charge in [0, 0.05) is 23.5 Å². The van der Waals surface area contributed by atoms with E-state index in [1.807, 2.05) is 26.8 Å². The van der Waals surface area contributed by atoms with Gasteiger partial charge in [-0.15, -0.1) is 11.3 Å². The van der Waals surface area contributed by atoms with Crippen LogP contribution in [0.4, 0.5) is 24.8 Å². The number of aliphatic hydroxyl groups is 1. The molecule has 1 fully saturated rings. The number of alkyl halides is 3. The van der Waals surface area contributed by atoms with Gasteiger partial charge in [0.05, 0.1) is 4.88 Å². The van der Waals surface area contributed by atoms with Crippen LogP contribution in [0.1, 0.15) is 49.4 Å². The summed E-state index contributed by atoms with van der Waals surface area (Å²) in [5.41, 5.74) is -0.932. The van der Waals surface area contributed by atoms with Gasteiger partial charge >= 0.3 is 6.18 Å². The molecule has 3 aromatic rings. The molecule has 0 amide bonds. The molecule has 34 heavy (non-hydrogen) atoms. The summed E-state index contributed by atoms with van der Waals surface area (Å²) in [4.78, 5) is 24.1. The molecule has 2 heterocycles. The number of rotatable bonds is 5. The van der Waals surface area contributed by atoms with E-state index in [0.717, 1.165) is 28.3 Å². The Labute approximate surface area is 198 Å². The van der Waals surface area contributed by atoms with Crippen molar-refractivity contribution in [3.05, 3.63) is 57.8 Å². The van der Waals surface area contributed by atoms with Crippen molar-refractivity contribution in [1.29, 1.82) is 0 Å². The van der Waals surface area contributed by atoms with Crippen LogP contribution in [0.15, 0.2) is 41.8 Å². The first-order chi connectivity index (χ1) is 15.9. The van der Waals surface area contributed by atoms with Gasteiger partial charge in [0.25, 0.3) is 0 Å². The van der Waals surface area contributed by atoms with Crippen LogP contribution >= 0.6 is 11.3 Å². The summed E-state index contributed by atoms with van der Waals surface area (Å²) in [5, 5.41) is 18.2. The summed E-state index contributed by atoms with van der Waals surface area (Å²) < 4.78 is 38.9. The largest absolute Gasteiger partial charge is 0.433 e. The van der Waals surface area contributed by atoms with Gasteiger partial charge in [0.15, 0.2) is 0 Å². The minimum atomic E-state index is -4.57. The molecule has 11 heteroatoms. The highest BCUT2D eigenvalue weighted by Gasteiger charge is 2.54. The molecule has 7 nitrogen and oxygen atoms in total. The first-order valence-corrected chi connectivity index (χ1v) is 11.6. The highest BCUT2D eigenvalue weighted by atomic mass is 32.1. The molecule has 0 spiro atoms. The van der Waals surface area contributed by atoms with Crippen LogP contribution in [0.25, 0.3) is 10.4 Å². The molecular formula is C23H24F3N5O2S. The van der Waals surface area contributed by atoms with Crippen LogP contribution in [-0.4, -0.2) is 26.1 Å². The molecule has 2 aromatic heterocycles. The van der Waals surface area contributed by atoms with E-state index in [-0.39, 0.29) is 5.95 Å². The maximum atomic E-state index is 13.0. The van der Waals surface area contributed by atoms with Crippen LogP contribution in [-0.2, 0) is 11.8 Å². The predicted molar refractivity (Wildman–Crippen MR) is 124 cm³/mol. The molecule has 2 N–H and O–H groups in total. The molecule has 2 unspecified atom stereocenters. The molecule has 1 saturated carbocycles. The number of anilines is 2. The standard InChI is InChI=1S/C23H24F3N5O2S/c1-13-9-14(11-15(10-13)29-20-27-8-6-18(30-20)23(24,25)26)16-12-28-19(34-16)22(32)7-4-5-17(31-33)21(22,2)3/h6,8-12,17,32H,4-5,7H2,1-3H3,(H,27,29,30). The molecule has 4 rings (SSSR count). The van der Waals surface area contributed by atoms with Crippen molar-refractivity contribution in [3.63, 3.8) is 0 Å². The number of nitroso groups, excluding NO2 is 1. The van der Waals surface area contributed by atoms with Crippen molar-refractivity contribution in [2.45, 2.75) is 57.9 Å². The van der Waals surface area contributed by atoms with E-state index in [1.165, 1.54) is 11.3 Å². The highest BCUT2D eigenvalue weighted by molar-refractivity contribution is 7.15. The summed E-state index contributed by atoms with van der Waals surface area (Å²) >= 11 is 1.32. The lowest BCUT2D eigenvalue weighted by Gasteiger charge is -2.47. The van der Waals surface area contributed by atoms with Crippen molar-refractivity contribution in [2.75, 3.05) is 5.32 Å². The Morgan fingerprint density at radius 3 is 2.71 bits per heavy atom. The predicted octanol–water partition coefficient (Wildman–Crippen LogP) is 6.20. The van der Waals surface area contributed by atoms with Gasteiger partial charge in [0.1, 0.15) is 22.3 Å². The van der Waals surface area contributed by atoms with E-state index in [4.69, 9.17) is 0 Å². The normalized spacial score (nSPS) is 22.4. The number of benzene rings is 1. The molecule has 0 saturated heterocycles. The molecule has 0 radical (unpaired) electrons. The SMILES string of the molecule is Cc1cc(Nc2nccc(C(F)(F)F)n2)cc(-c2cnc(C3(O)CCCC(N=O)C3(C)C)s2)c1. The highest BCUT2D eigenvalue weighted by Crippen LogP contribution is 2.52. The van der Waals surface area contributed by atoms with Crippen molar-refractivity contribution in [1.82, 2.24) is 15.0 Å². The maximum Gasteiger partial charge on any atom is 0.433 e. The topological polar surface area (TPSA) is 100 Å². The second kappa shape index (κ2) is 8.70. The molecule has 2 atom stereocenters. The first-order valence-electron chi connectivity index (χ1n) is 10.7. The zero-order valence-corrected chi connectivity index (χ0v) is 19.7. The van der Waals surface area contributed by atoms with E-state index >= 15 is 0 Å². The third-order valence-corrected chi connectivity index (χ3v) is 7.66. The van der Waals surface area contributed by atoms with Crippen LogP contribution in [0.3, 0.4) is 0 Å². The molecular weight excluding hydrogens is 467 g/mol. The maximum absolute atomic E-state index is 13.0. The lowest BCUT2D eigenvalue weighted by molar-refractivity contribution is -0.141. The van der Waals surface area contributed by atoms with E-state index < -0.39 is 28.9 Å². The second-order valence-electron chi connectivity index (χ2n) is 9.10. The van der Waals surface area contributed by atoms with E-state index in [2.05, 4.69) is 25.4 Å². The van der Waals surface area contributed by atoms with Gasteiger partial charge in [-0.25, -0.2) is 15.0 Å². The number of hydrogen-bond donors (Lipinski definition) is 2. The Kier molecular flexibility index (Phi) is 6.19. The second-order valence-corrected chi connectivity index (χ2v) is 10.1. The third kappa shape index (κ3) is 4.41. The first kappa shape index (κ1) is 24.2. The van der Waals surface area contributed by atoms with E-state index in [0.29, 0.717) is 30.0 Å².